The zero-order chi connectivity index (χ0) is 20.7. The van der Waals surface area contributed by atoms with Gasteiger partial charge in [-0.1, -0.05) is 24.3 Å². The van der Waals surface area contributed by atoms with Crippen molar-refractivity contribution in [2.24, 2.45) is 0 Å². The molecule has 6 heteroatoms. The second kappa shape index (κ2) is 7.24. The van der Waals surface area contributed by atoms with Gasteiger partial charge in [-0.2, -0.15) is 0 Å². The van der Waals surface area contributed by atoms with Crippen LogP contribution >= 0.6 is 11.3 Å². The van der Waals surface area contributed by atoms with Crippen LogP contribution in [0.4, 0.5) is 5.69 Å². The summed E-state index contributed by atoms with van der Waals surface area (Å²) in [6, 6.07) is 22.4. The van der Waals surface area contributed by atoms with Crippen molar-refractivity contribution in [2.45, 2.75) is 6.92 Å². The number of aromatic amines is 1. The van der Waals surface area contributed by atoms with Crippen molar-refractivity contribution in [2.75, 3.05) is 5.32 Å². The van der Waals surface area contributed by atoms with E-state index in [1.807, 2.05) is 48.5 Å². The predicted octanol–water partition coefficient (Wildman–Crippen LogP) is 5.37. The molecule has 0 spiro atoms. The Morgan fingerprint density at radius 2 is 1.80 bits per heavy atom. The lowest BCUT2D eigenvalue weighted by Crippen LogP contribution is -2.16. The first-order chi connectivity index (χ1) is 14.6. The van der Waals surface area contributed by atoms with Crippen molar-refractivity contribution in [3.05, 3.63) is 94.3 Å². The Morgan fingerprint density at radius 3 is 2.63 bits per heavy atom. The quantitative estimate of drug-likeness (QED) is 0.419. The van der Waals surface area contributed by atoms with Crippen LogP contribution in [0.1, 0.15) is 15.9 Å². The number of hydrogen-bond donors (Lipinski definition) is 2. The molecule has 0 saturated heterocycles. The van der Waals surface area contributed by atoms with E-state index in [2.05, 4.69) is 29.4 Å². The highest BCUT2D eigenvalue weighted by Gasteiger charge is 2.12. The Balaban J connectivity index is 1.42. The molecule has 0 saturated carbocycles. The Hall–Kier alpha value is -3.77. The molecule has 0 unspecified atom stereocenters. The lowest BCUT2D eigenvalue weighted by molar-refractivity contribution is 0.102. The maximum atomic E-state index is 12.8. The highest BCUT2D eigenvalue weighted by molar-refractivity contribution is 7.21. The number of nitrogens with one attached hydrogen (secondary N) is 2. The summed E-state index contributed by atoms with van der Waals surface area (Å²) in [6.07, 6.45) is 0. The number of carbonyl (C=O) groups excluding carboxylic acids is 1. The second-order valence-corrected chi connectivity index (χ2v) is 8.15. The molecule has 3 aromatic carbocycles. The molecule has 0 aliphatic heterocycles. The third-order valence-corrected chi connectivity index (χ3v) is 6.00. The third-order valence-electron chi connectivity index (χ3n) is 4.93. The summed E-state index contributed by atoms with van der Waals surface area (Å²) in [6.45, 7) is 2.07. The molecule has 0 aliphatic carbocycles. The molecule has 2 N–H and O–H groups in total. The fourth-order valence-electron chi connectivity index (χ4n) is 3.44. The number of carbonyl (C=O) groups is 1. The van der Waals surface area contributed by atoms with E-state index < -0.39 is 0 Å². The van der Waals surface area contributed by atoms with Crippen molar-refractivity contribution in [1.29, 1.82) is 0 Å². The van der Waals surface area contributed by atoms with Gasteiger partial charge in [-0.3, -0.25) is 9.59 Å². The van der Waals surface area contributed by atoms with Crippen LogP contribution in [0.25, 0.3) is 31.7 Å². The molecule has 0 atom stereocenters. The highest BCUT2D eigenvalue weighted by atomic mass is 32.1. The molecule has 5 nitrogen and oxygen atoms in total. The number of anilines is 1. The van der Waals surface area contributed by atoms with E-state index >= 15 is 0 Å². The van der Waals surface area contributed by atoms with Crippen molar-refractivity contribution in [1.82, 2.24) is 9.97 Å². The topological polar surface area (TPSA) is 74.8 Å². The first kappa shape index (κ1) is 18.3. The number of thiazole rings is 1. The number of benzene rings is 3. The van der Waals surface area contributed by atoms with E-state index in [4.69, 9.17) is 4.98 Å². The number of aryl methyl sites for hydroxylation is 1. The van der Waals surface area contributed by atoms with Gasteiger partial charge in [-0.05, 0) is 55.0 Å². The normalized spacial score (nSPS) is 11.1. The number of rotatable bonds is 3. The minimum Gasteiger partial charge on any atom is -0.322 e. The largest absolute Gasteiger partial charge is 0.322 e. The summed E-state index contributed by atoms with van der Waals surface area (Å²) >= 11 is 1.65. The van der Waals surface area contributed by atoms with Crippen LogP contribution in [0, 0.1) is 6.92 Å². The summed E-state index contributed by atoms with van der Waals surface area (Å²) < 4.78 is 1.16. The number of nitrogens with zero attached hydrogens (tertiary/aromatic N) is 1. The van der Waals surface area contributed by atoms with Crippen molar-refractivity contribution >= 4 is 44.1 Å². The van der Waals surface area contributed by atoms with Crippen LogP contribution in [0.5, 0.6) is 0 Å². The molecule has 5 rings (SSSR count). The van der Waals surface area contributed by atoms with Gasteiger partial charge in [-0.15, -0.1) is 11.3 Å². The van der Waals surface area contributed by atoms with Gasteiger partial charge >= 0.3 is 0 Å². The summed E-state index contributed by atoms with van der Waals surface area (Å²) in [7, 11) is 0. The van der Waals surface area contributed by atoms with Crippen molar-refractivity contribution < 1.29 is 4.79 Å². The molecule has 30 heavy (non-hydrogen) atoms. The van der Waals surface area contributed by atoms with E-state index in [0.717, 1.165) is 20.8 Å². The number of amides is 1. The van der Waals surface area contributed by atoms with Crippen LogP contribution in [0.2, 0.25) is 0 Å². The number of hydrogen-bond acceptors (Lipinski definition) is 4. The van der Waals surface area contributed by atoms with E-state index in [9.17, 15) is 9.59 Å². The van der Waals surface area contributed by atoms with E-state index in [-0.39, 0.29) is 11.5 Å². The zero-order valence-corrected chi connectivity index (χ0v) is 16.9. The Morgan fingerprint density at radius 1 is 1.00 bits per heavy atom. The number of pyridine rings is 1. The summed E-state index contributed by atoms with van der Waals surface area (Å²) in [5, 5.41) is 4.53. The predicted molar refractivity (Wildman–Crippen MR) is 122 cm³/mol. The Bertz CT molecular complexity index is 1470. The van der Waals surface area contributed by atoms with Gasteiger partial charge in [0, 0.05) is 28.2 Å². The summed E-state index contributed by atoms with van der Waals surface area (Å²) in [5.41, 5.74) is 4.53. The first-order valence-corrected chi connectivity index (χ1v) is 10.3. The fraction of sp³-hybridized carbons (Fsp3) is 0.0417. The molecular weight excluding hydrogens is 394 g/mol. The van der Waals surface area contributed by atoms with Crippen LogP contribution < -0.4 is 10.9 Å². The Kier molecular flexibility index (Phi) is 4.41. The zero-order valence-electron chi connectivity index (χ0n) is 16.1. The van der Waals surface area contributed by atoms with Gasteiger partial charge in [0.15, 0.2) is 0 Å². The number of H-pyrrole nitrogens is 1. The van der Waals surface area contributed by atoms with E-state index in [1.54, 1.807) is 17.4 Å². The number of aromatic nitrogens is 2. The molecule has 0 radical (unpaired) electrons. The molecule has 1 amide bonds. The molecule has 0 aliphatic rings. The van der Waals surface area contributed by atoms with Crippen molar-refractivity contribution in [3.63, 3.8) is 0 Å². The Labute approximate surface area is 176 Å². The average Bonchev–Trinajstić information content (AvgIpc) is 3.16. The van der Waals surface area contributed by atoms with Crippen LogP contribution in [0.3, 0.4) is 0 Å². The smallest absolute Gasteiger partial charge is 0.256 e. The third kappa shape index (κ3) is 3.38. The van der Waals surface area contributed by atoms with Gasteiger partial charge in [-0.25, -0.2) is 4.98 Å². The van der Waals surface area contributed by atoms with Gasteiger partial charge in [0.25, 0.3) is 5.91 Å². The second-order valence-electron chi connectivity index (χ2n) is 7.11. The van der Waals surface area contributed by atoms with Gasteiger partial charge < -0.3 is 10.3 Å². The lowest BCUT2D eigenvalue weighted by atomic mass is 10.1. The molecule has 0 bridgehead atoms. The molecule has 0 fully saturated rings. The summed E-state index contributed by atoms with van der Waals surface area (Å²) in [4.78, 5) is 32.2. The fourth-order valence-corrected chi connectivity index (χ4v) is 4.51. The maximum absolute atomic E-state index is 12.8. The van der Waals surface area contributed by atoms with Gasteiger partial charge in [0.2, 0.25) is 5.56 Å². The molecule has 5 aromatic rings. The van der Waals surface area contributed by atoms with Crippen molar-refractivity contribution in [3.8, 4) is 10.6 Å². The molecule has 2 heterocycles. The maximum Gasteiger partial charge on any atom is 0.256 e. The SMILES string of the molecule is Cc1ccc2nc(-c3ccc(NC(=O)c4cc(=O)[nH]c5ccccc45)cc3)sc2c1. The van der Waals surface area contributed by atoms with Crippen LogP contribution in [-0.4, -0.2) is 15.9 Å². The molecule has 2 aromatic heterocycles. The summed E-state index contributed by atoms with van der Waals surface area (Å²) in [5.74, 6) is -0.319. The van der Waals surface area contributed by atoms with E-state index in [1.165, 1.54) is 11.6 Å². The van der Waals surface area contributed by atoms with E-state index in [0.29, 0.717) is 22.2 Å². The lowest BCUT2D eigenvalue weighted by Gasteiger charge is -2.08. The van der Waals surface area contributed by atoms with Crippen LogP contribution in [-0.2, 0) is 0 Å². The number of para-hydroxylation sites is 1. The highest BCUT2D eigenvalue weighted by Crippen LogP contribution is 2.31. The minimum absolute atomic E-state index is 0.305. The van der Waals surface area contributed by atoms with Crippen LogP contribution in [0.15, 0.2) is 77.6 Å². The molecular formula is C24H17N3O2S. The van der Waals surface area contributed by atoms with Gasteiger partial charge in [0.1, 0.15) is 5.01 Å². The average molecular weight is 411 g/mol. The number of fused-ring (bicyclic) bond motifs is 2. The standard InChI is InChI=1S/C24H17N3O2S/c1-14-6-11-20-21(12-14)30-24(27-20)15-7-9-16(10-8-15)25-23(29)18-13-22(28)26-19-5-3-2-4-17(18)19/h2-13H,1H3,(H,25,29)(H,26,28). The monoisotopic (exact) mass is 411 g/mol. The van der Waals surface area contributed by atoms with Gasteiger partial charge in [0.05, 0.1) is 15.8 Å². The minimum atomic E-state index is -0.319. The molecule has 146 valence electrons. The first-order valence-electron chi connectivity index (χ1n) is 9.48.